The Bertz CT molecular complexity index is 602. The highest BCUT2D eigenvalue weighted by molar-refractivity contribution is 7.38. The van der Waals surface area contributed by atoms with Gasteiger partial charge in [-0.05, 0) is 42.6 Å². The van der Waals surface area contributed by atoms with Crippen LogP contribution in [0, 0.1) is 10.1 Å². The molecule has 1 aliphatic rings. The van der Waals surface area contributed by atoms with Gasteiger partial charge in [-0.15, -0.1) is 0 Å². The number of benzene rings is 1. The van der Waals surface area contributed by atoms with E-state index in [0.717, 1.165) is 64.2 Å². The maximum atomic E-state index is 12.1. The molecule has 1 heterocycles. The molecule has 156 valence electrons. The monoisotopic (exact) mass is 412 g/mol. The molecule has 10 heteroatoms. The van der Waals surface area contributed by atoms with Gasteiger partial charge in [-0.3, -0.25) is 15.0 Å². The van der Waals surface area contributed by atoms with Crippen molar-refractivity contribution in [1.29, 1.82) is 0 Å². The van der Waals surface area contributed by atoms with Gasteiger partial charge in [0.1, 0.15) is 0 Å². The SMILES string of the molecule is O=[N+]([O-])c1ccc(CC(N2CCCNCCNCCCNCC2)[P+](=O)O)cc1. The van der Waals surface area contributed by atoms with Crippen LogP contribution in [-0.4, -0.2) is 72.9 Å². The summed E-state index contributed by atoms with van der Waals surface area (Å²) in [5.74, 6) is -0.507. The number of hydrogen-bond acceptors (Lipinski definition) is 7. The first-order valence-corrected chi connectivity index (χ1v) is 11.1. The minimum Gasteiger partial charge on any atom is -0.315 e. The van der Waals surface area contributed by atoms with E-state index in [0.29, 0.717) is 13.0 Å². The lowest BCUT2D eigenvalue weighted by atomic mass is 10.1. The van der Waals surface area contributed by atoms with Crippen LogP contribution in [-0.2, 0) is 11.0 Å². The van der Waals surface area contributed by atoms with Gasteiger partial charge in [0.25, 0.3) is 5.69 Å². The van der Waals surface area contributed by atoms with E-state index in [4.69, 9.17) is 0 Å². The van der Waals surface area contributed by atoms with Crippen LogP contribution >= 0.6 is 8.03 Å². The molecular formula is C18H31N5O4P+. The van der Waals surface area contributed by atoms with E-state index in [1.807, 2.05) is 0 Å². The van der Waals surface area contributed by atoms with Gasteiger partial charge in [0.05, 0.1) is 4.92 Å². The third-order valence-corrected chi connectivity index (χ3v) is 5.82. The van der Waals surface area contributed by atoms with E-state index in [1.165, 1.54) is 12.1 Å². The summed E-state index contributed by atoms with van der Waals surface area (Å²) < 4.78 is 12.1. The van der Waals surface area contributed by atoms with E-state index < -0.39 is 18.7 Å². The Morgan fingerprint density at radius 3 is 2.21 bits per heavy atom. The van der Waals surface area contributed by atoms with Crippen LogP contribution in [0.25, 0.3) is 0 Å². The largest absolute Gasteiger partial charge is 0.525 e. The highest BCUT2D eigenvalue weighted by Gasteiger charge is 2.35. The van der Waals surface area contributed by atoms with E-state index in [9.17, 15) is 19.6 Å². The van der Waals surface area contributed by atoms with Gasteiger partial charge >= 0.3 is 8.03 Å². The quantitative estimate of drug-likeness (QED) is 0.322. The Hall–Kier alpha value is -1.48. The zero-order valence-electron chi connectivity index (χ0n) is 16.2. The van der Waals surface area contributed by atoms with Crippen LogP contribution in [0.2, 0.25) is 0 Å². The Morgan fingerprint density at radius 1 is 1.00 bits per heavy atom. The molecule has 0 bridgehead atoms. The highest BCUT2D eigenvalue weighted by atomic mass is 31.1. The van der Waals surface area contributed by atoms with Crippen LogP contribution in [0.5, 0.6) is 0 Å². The first-order chi connectivity index (χ1) is 13.6. The van der Waals surface area contributed by atoms with E-state index >= 15 is 0 Å². The maximum absolute atomic E-state index is 12.1. The average molecular weight is 412 g/mol. The predicted octanol–water partition coefficient (Wildman–Crippen LogP) is 1.06. The van der Waals surface area contributed by atoms with Gasteiger partial charge in [-0.2, -0.15) is 4.89 Å². The normalized spacial score (nSPS) is 20.1. The van der Waals surface area contributed by atoms with E-state index in [-0.39, 0.29) is 5.69 Å². The lowest BCUT2D eigenvalue weighted by molar-refractivity contribution is -0.384. The van der Waals surface area contributed by atoms with E-state index in [2.05, 4.69) is 20.9 Å². The second kappa shape index (κ2) is 12.9. The van der Waals surface area contributed by atoms with Crippen LogP contribution in [0.1, 0.15) is 18.4 Å². The summed E-state index contributed by atoms with van der Waals surface area (Å²) in [6.45, 7) is 6.76. The molecular weight excluding hydrogens is 381 g/mol. The second-order valence-corrected chi connectivity index (χ2v) is 8.11. The van der Waals surface area contributed by atoms with Crippen molar-refractivity contribution < 1.29 is 14.4 Å². The molecule has 0 aliphatic carbocycles. The van der Waals surface area contributed by atoms with Crippen molar-refractivity contribution in [2.45, 2.75) is 25.0 Å². The van der Waals surface area contributed by atoms with Crippen LogP contribution in [0.3, 0.4) is 0 Å². The van der Waals surface area contributed by atoms with Gasteiger partial charge in [0, 0.05) is 51.3 Å². The van der Waals surface area contributed by atoms with Gasteiger partial charge in [-0.1, -0.05) is 12.1 Å². The number of nitrogens with one attached hydrogen (secondary N) is 3. The van der Waals surface area contributed by atoms with Crippen LogP contribution < -0.4 is 16.0 Å². The molecule has 4 N–H and O–H groups in total. The van der Waals surface area contributed by atoms with Crippen molar-refractivity contribution in [2.24, 2.45) is 0 Å². The summed E-state index contributed by atoms with van der Waals surface area (Å²) in [7, 11) is -2.40. The Kier molecular flexibility index (Phi) is 10.5. The predicted molar refractivity (Wildman–Crippen MR) is 110 cm³/mol. The molecule has 1 aliphatic heterocycles. The summed E-state index contributed by atoms with van der Waals surface area (Å²) in [4.78, 5) is 22.4. The molecule has 28 heavy (non-hydrogen) atoms. The number of hydrogen-bond donors (Lipinski definition) is 4. The molecule has 0 saturated carbocycles. The summed E-state index contributed by atoms with van der Waals surface area (Å²) in [5, 5.41) is 21.0. The lowest BCUT2D eigenvalue weighted by Crippen LogP contribution is -2.41. The fraction of sp³-hybridized carbons (Fsp3) is 0.667. The Labute approximate surface area is 166 Å². The maximum Gasteiger partial charge on any atom is 0.525 e. The minimum atomic E-state index is -2.40. The van der Waals surface area contributed by atoms with Crippen molar-refractivity contribution in [3.8, 4) is 0 Å². The summed E-state index contributed by atoms with van der Waals surface area (Å²) in [5.41, 5.74) is 0.848. The zero-order chi connectivity index (χ0) is 20.2. The summed E-state index contributed by atoms with van der Waals surface area (Å²) in [6, 6.07) is 6.22. The van der Waals surface area contributed by atoms with Gasteiger partial charge in [0.15, 0.2) is 0 Å². The van der Waals surface area contributed by atoms with Crippen molar-refractivity contribution >= 4 is 13.7 Å². The molecule has 2 atom stereocenters. The van der Waals surface area contributed by atoms with Crippen molar-refractivity contribution in [1.82, 2.24) is 20.9 Å². The molecule has 0 radical (unpaired) electrons. The van der Waals surface area contributed by atoms with E-state index in [1.54, 1.807) is 12.1 Å². The smallest absolute Gasteiger partial charge is 0.315 e. The number of nitro groups is 1. The summed E-state index contributed by atoms with van der Waals surface area (Å²) >= 11 is 0. The first kappa shape index (κ1) is 22.8. The van der Waals surface area contributed by atoms with Crippen molar-refractivity contribution in [3.63, 3.8) is 0 Å². The first-order valence-electron chi connectivity index (χ1n) is 9.82. The number of nitrogens with zero attached hydrogens (tertiary/aromatic N) is 2. The molecule has 1 fully saturated rings. The zero-order valence-corrected chi connectivity index (χ0v) is 17.1. The Morgan fingerprint density at radius 2 is 1.61 bits per heavy atom. The molecule has 0 amide bonds. The molecule has 0 spiro atoms. The molecule has 0 aromatic heterocycles. The third kappa shape index (κ3) is 8.26. The lowest BCUT2D eigenvalue weighted by Gasteiger charge is -2.24. The van der Waals surface area contributed by atoms with Crippen molar-refractivity contribution in [3.05, 3.63) is 39.9 Å². The average Bonchev–Trinajstić information content (AvgIpc) is 2.68. The minimum absolute atomic E-state index is 0.0248. The topological polar surface area (TPSA) is 120 Å². The summed E-state index contributed by atoms with van der Waals surface area (Å²) in [6.07, 6.45) is 2.32. The fourth-order valence-corrected chi connectivity index (χ4v) is 4.12. The van der Waals surface area contributed by atoms with Crippen LogP contribution in [0.15, 0.2) is 24.3 Å². The number of rotatable bonds is 5. The third-order valence-electron chi connectivity index (χ3n) is 4.80. The standard InChI is InChI=1S/C18H30N5O4P/c24-23(25)17-5-3-16(4-6-17)15-18(28(26)27)22-13-2-9-20-11-10-19-7-1-8-21-12-14-22/h3-6,18-21H,1-2,7-15H2/p+1. The van der Waals surface area contributed by atoms with Gasteiger partial charge in [0.2, 0.25) is 5.78 Å². The molecule has 2 rings (SSSR count). The molecule has 2 unspecified atom stereocenters. The highest BCUT2D eigenvalue weighted by Crippen LogP contribution is 2.29. The molecule has 9 nitrogen and oxygen atoms in total. The van der Waals surface area contributed by atoms with Gasteiger partial charge < -0.3 is 16.0 Å². The van der Waals surface area contributed by atoms with Gasteiger partial charge in [-0.25, -0.2) is 0 Å². The van der Waals surface area contributed by atoms with Crippen molar-refractivity contribution in [2.75, 3.05) is 52.4 Å². The Balaban J connectivity index is 2.01. The second-order valence-electron chi connectivity index (χ2n) is 6.90. The van der Waals surface area contributed by atoms with Crippen LogP contribution in [0.4, 0.5) is 5.69 Å². The molecule has 1 aromatic rings. The number of nitro benzene ring substituents is 1. The number of non-ortho nitro benzene ring substituents is 1. The molecule has 1 aromatic carbocycles. The fourth-order valence-electron chi connectivity index (χ4n) is 3.24. The molecule has 1 saturated heterocycles.